The van der Waals surface area contributed by atoms with E-state index in [0.717, 1.165) is 16.0 Å². The van der Waals surface area contributed by atoms with E-state index >= 15 is 0 Å². The molecule has 0 saturated carbocycles. The lowest BCUT2D eigenvalue weighted by atomic mass is 9.81. The zero-order chi connectivity index (χ0) is 27.7. The van der Waals surface area contributed by atoms with Crippen molar-refractivity contribution >= 4 is 29.5 Å². The summed E-state index contributed by atoms with van der Waals surface area (Å²) < 4.78 is 15.5. The molecule has 0 aliphatic carbocycles. The topological polar surface area (TPSA) is 126 Å². The Balaban J connectivity index is 1.63. The first-order valence-corrected chi connectivity index (χ1v) is 12.4. The second-order valence-corrected chi connectivity index (χ2v) is 9.63. The molecule has 10 nitrogen and oxygen atoms in total. The Morgan fingerprint density at radius 1 is 1.21 bits per heavy atom. The third kappa shape index (κ3) is 5.09. The first kappa shape index (κ1) is 26.8. The quantitative estimate of drug-likeness (QED) is 0.460. The third-order valence-corrected chi connectivity index (χ3v) is 6.97. The number of hydrogen-bond acceptors (Lipinski definition) is 6. The van der Waals surface area contributed by atoms with E-state index in [2.05, 4.69) is 15.4 Å². The van der Waals surface area contributed by atoms with Gasteiger partial charge in [0, 0.05) is 25.9 Å². The van der Waals surface area contributed by atoms with Gasteiger partial charge < -0.3 is 11.1 Å². The highest BCUT2D eigenvalue weighted by Crippen LogP contribution is 2.34. The molecule has 11 heteroatoms. The monoisotopic (exact) mass is 521 g/mol. The number of pyridine rings is 1. The molecule has 3 N–H and O–H groups in total. The van der Waals surface area contributed by atoms with E-state index in [1.54, 1.807) is 51.5 Å². The van der Waals surface area contributed by atoms with Gasteiger partial charge in [0.1, 0.15) is 23.5 Å². The maximum atomic E-state index is 14.0. The SMILES string of the molecule is CC[C@@H](NC(=O)N1C(=O)[C@H](Cc2cc(C)nc(N)c2)[C@H]1C(=O)N(C)c1ccnn1C)c1cc(F)ccc1C. The molecule has 1 fully saturated rings. The lowest BCUT2D eigenvalue weighted by Gasteiger charge is -2.46. The number of benzene rings is 1. The summed E-state index contributed by atoms with van der Waals surface area (Å²) in [5.74, 6) is -1.27. The minimum absolute atomic E-state index is 0.214. The number of carbonyl (C=O) groups is 3. The number of halogens is 1. The molecule has 1 aliphatic heterocycles. The van der Waals surface area contributed by atoms with E-state index in [-0.39, 0.29) is 6.42 Å². The second kappa shape index (κ2) is 10.6. The van der Waals surface area contributed by atoms with Crippen LogP contribution in [0.3, 0.4) is 0 Å². The Kier molecular flexibility index (Phi) is 7.47. The normalized spacial score (nSPS) is 17.6. The van der Waals surface area contributed by atoms with Crippen molar-refractivity contribution in [3.8, 4) is 0 Å². The lowest BCUT2D eigenvalue weighted by molar-refractivity contribution is -0.156. The Morgan fingerprint density at radius 2 is 1.95 bits per heavy atom. The maximum absolute atomic E-state index is 14.0. The number of carbonyl (C=O) groups excluding carboxylic acids is 3. The van der Waals surface area contributed by atoms with Crippen molar-refractivity contribution in [3.63, 3.8) is 0 Å². The fourth-order valence-electron chi connectivity index (χ4n) is 5.01. The number of hydrogen-bond donors (Lipinski definition) is 2. The van der Waals surface area contributed by atoms with Crippen molar-refractivity contribution in [3.05, 3.63) is 70.8 Å². The summed E-state index contributed by atoms with van der Waals surface area (Å²) in [5.41, 5.74) is 8.75. The average molecular weight is 522 g/mol. The van der Waals surface area contributed by atoms with Crippen LogP contribution in [-0.2, 0) is 23.1 Å². The number of aromatic nitrogens is 3. The Bertz CT molecular complexity index is 1370. The molecule has 3 aromatic rings. The van der Waals surface area contributed by atoms with Crippen LogP contribution in [0.25, 0.3) is 0 Å². The Morgan fingerprint density at radius 3 is 2.58 bits per heavy atom. The predicted molar refractivity (Wildman–Crippen MR) is 141 cm³/mol. The van der Waals surface area contributed by atoms with E-state index < -0.39 is 41.7 Å². The lowest BCUT2D eigenvalue weighted by Crippen LogP contribution is -2.70. The molecular weight excluding hydrogens is 489 g/mol. The Labute approximate surface area is 220 Å². The first-order valence-electron chi connectivity index (χ1n) is 12.4. The third-order valence-electron chi connectivity index (χ3n) is 6.97. The number of aryl methyl sites for hydroxylation is 3. The molecular formula is C27H32FN7O3. The van der Waals surface area contributed by atoms with Gasteiger partial charge in [-0.1, -0.05) is 13.0 Å². The Hall–Kier alpha value is -4.28. The number of nitrogens with zero attached hydrogens (tertiary/aromatic N) is 5. The zero-order valence-corrected chi connectivity index (χ0v) is 22.1. The van der Waals surface area contributed by atoms with Gasteiger partial charge >= 0.3 is 6.03 Å². The molecule has 200 valence electrons. The van der Waals surface area contributed by atoms with Crippen LogP contribution in [-0.4, -0.2) is 50.6 Å². The van der Waals surface area contributed by atoms with Crippen LogP contribution >= 0.6 is 0 Å². The van der Waals surface area contributed by atoms with E-state index in [0.29, 0.717) is 29.3 Å². The van der Waals surface area contributed by atoms with Gasteiger partial charge in [-0.2, -0.15) is 5.10 Å². The molecule has 2 aromatic heterocycles. The van der Waals surface area contributed by atoms with Gasteiger partial charge in [0.15, 0.2) is 0 Å². The van der Waals surface area contributed by atoms with E-state index in [1.807, 2.05) is 13.8 Å². The van der Waals surface area contributed by atoms with Crippen molar-refractivity contribution < 1.29 is 18.8 Å². The van der Waals surface area contributed by atoms with Gasteiger partial charge in [0.2, 0.25) is 5.91 Å². The number of likely N-dealkylation sites (tertiary alicyclic amines) is 1. The molecule has 4 rings (SSSR count). The molecule has 4 amide bonds. The fraction of sp³-hybridized carbons (Fsp3) is 0.370. The van der Waals surface area contributed by atoms with Crippen LogP contribution in [0.15, 0.2) is 42.6 Å². The average Bonchev–Trinajstić information content (AvgIpc) is 3.29. The molecule has 1 saturated heterocycles. The number of nitrogens with two attached hydrogens (primary N) is 1. The predicted octanol–water partition coefficient (Wildman–Crippen LogP) is 3.05. The summed E-state index contributed by atoms with van der Waals surface area (Å²) in [4.78, 5) is 47.1. The van der Waals surface area contributed by atoms with Gasteiger partial charge in [-0.25, -0.2) is 14.2 Å². The van der Waals surface area contributed by atoms with Crippen molar-refractivity contribution in [1.82, 2.24) is 25.0 Å². The number of urea groups is 1. The maximum Gasteiger partial charge on any atom is 0.325 e. The number of rotatable bonds is 7. The molecule has 38 heavy (non-hydrogen) atoms. The summed E-state index contributed by atoms with van der Waals surface area (Å²) >= 11 is 0. The first-order chi connectivity index (χ1) is 18.0. The number of nitrogen functional groups attached to an aromatic ring is 1. The molecule has 0 spiro atoms. The van der Waals surface area contributed by atoms with Gasteiger partial charge in [-0.3, -0.25) is 24.1 Å². The van der Waals surface area contributed by atoms with E-state index in [1.165, 1.54) is 21.7 Å². The van der Waals surface area contributed by atoms with Crippen molar-refractivity contribution in [2.45, 2.75) is 45.7 Å². The van der Waals surface area contributed by atoms with Gasteiger partial charge in [0.25, 0.3) is 5.91 Å². The highest BCUT2D eigenvalue weighted by molar-refractivity contribution is 6.12. The number of anilines is 2. The summed E-state index contributed by atoms with van der Waals surface area (Å²) in [7, 11) is 3.28. The van der Waals surface area contributed by atoms with Crippen LogP contribution in [0.4, 0.5) is 20.8 Å². The standard InChI is InChI=1S/C27H32FN7O3/c1-6-21(19-14-18(28)8-7-15(19)2)32-27(38)35-24(26(37)33(4)23-9-10-30-34(23)5)20(25(35)36)12-17-11-16(3)31-22(29)13-17/h7-11,13-14,20-21,24H,6,12H2,1-5H3,(H2,29,31)(H,32,38)/t20-,21-,24+/m1/s1. The van der Waals surface area contributed by atoms with Gasteiger partial charge in [-0.15, -0.1) is 0 Å². The smallest absolute Gasteiger partial charge is 0.325 e. The zero-order valence-electron chi connectivity index (χ0n) is 22.1. The summed E-state index contributed by atoms with van der Waals surface area (Å²) in [6.07, 6.45) is 2.24. The number of β-lactam (4-membered cyclic amide) rings is 1. The summed E-state index contributed by atoms with van der Waals surface area (Å²) in [6.45, 7) is 5.47. The van der Waals surface area contributed by atoms with Crippen LogP contribution in [0.5, 0.6) is 0 Å². The molecule has 1 aliphatic rings. The minimum Gasteiger partial charge on any atom is -0.384 e. The van der Waals surface area contributed by atoms with Gasteiger partial charge in [0.05, 0.1) is 18.2 Å². The summed E-state index contributed by atoms with van der Waals surface area (Å²) in [6, 6.07) is 7.21. The molecule has 3 heterocycles. The molecule has 1 aromatic carbocycles. The highest BCUT2D eigenvalue weighted by atomic mass is 19.1. The van der Waals surface area contributed by atoms with Crippen LogP contribution in [0, 0.1) is 25.6 Å². The number of amides is 4. The molecule has 0 bridgehead atoms. The van der Waals surface area contributed by atoms with Crippen LogP contribution in [0.1, 0.15) is 41.8 Å². The number of nitrogens with one attached hydrogen (secondary N) is 1. The number of likely N-dealkylation sites (N-methyl/N-ethyl adjacent to an activating group) is 1. The fourth-order valence-corrected chi connectivity index (χ4v) is 5.01. The van der Waals surface area contributed by atoms with E-state index in [9.17, 15) is 18.8 Å². The molecule has 0 unspecified atom stereocenters. The highest BCUT2D eigenvalue weighted by Gasteiger charge is 2.55. The van der Waals surface area contributed by atoms with E-state index in [4.69, 9.17) is 5.73 Å². The molecule has 0 radical (unpaired) electrons. The van der Waals surface area contributed by atoms with Crippen molar-refractivity contribution in [1.29, 1.82) is 0 Å². The minimum atomic E-state index is -1.05. The van der Waals surface area contributed by atoms with Gasteiger partial charge in [-0.05, 0) is 67.6 Å². The van der Waals surface area contributed by atoms with Crippen molar-refractivity contribution in [2.75, 3.05) is 17.7 Å². The second-order valence-electron chi connectivity index (χ2n) is 9.63. The molecule has 3 atom stereocenters. The van der Waals surface area contributed by atoms with Crippen molar-refractivity contribution in [2.24, 2.45) is 13.0 Å². The van der Waals surface area contributed by atoms with Crippen LogP contribution < -0.4 is 16.0 Å². The summed E-state index contributed by atoms with van der Waals surface area (Å²) in [5, 5.41) is 6.95. The van der Waals surface area contributed by atoms with Crippen LogP contribution in [0.2, 0.25) is 0 Å². The number of imide groups is 1. The largest absolute Gasteiger partial charge is 0.384 e.